The maximum atomic E-state index is 15.7. The number of ether oxygens (including phenoxy) is 2. The van der Waals surface area contributed by atoms with Crippen LogP contribution in [0.5, 0.6) is 11.5 Å². The Bertz CT molecular complexity index is 1700. The standard InChI is InChI=1S/C24H19FN6O3/c1-31-21(20-15(8-26)22-19(7-17(20)25)33-11-24(34-22)4-5-24)16(10-28-31)12-2-3-13-14(6-12)18(9-27)29-30-23(13)32/h2-3,6-7,10H,4-5,9,11,27H2,1H3,(H,30,32)/i1D3. The zero-order valence-electron chi connectivity index (χ0n) is 20.7. The average molecular weight is 461 g/mol. The van der Waals surface area contributed by atoms with Gasteiger partial charge in [0.05, 0.1) is 28.5 Å². The van der Waals surface area contributed by atoms with Crippen molar-refractivity contribution in [2.24, 2.45) is 12.7 Å². The van der Waals surface area contributed by atoms with E-state index in [1.54, 1.807) is 18.2 Å². The largest absolute Gasteiger partial charge is 0.485 e. The first-order chi connectivity index (χ1) is 17.7. The van der Waals surface area contributed by atoms with Crippen LogP contribution in [0, 0.1) is 17.1 Å². The molecule has 6 rings (SSSR count). The quantitative estimate of drug-likeness (QED) is 0.479. The van der Waals surface area contributed by atoms with E-state index in [0.717, 1.165) is 18.9 Å². The molecule has 10 heteroatoms. The number of benzene rings is 2. The van der Waals surface area contributed by atoms with Gasteiger partial charge in [0.25, 0.3) is 5.56 Å². The first kappa shape index (κ1) is 17.3. The van der Waals surface area contributed by atoms with Crippen LogP contribution in [-0.2, 0) is 13.5 Å². The number of nitrogens with one attached hydrogen (secondary N) is 1. The van der Waals surface area contributed by atoms with Gasteiger partial charge in [-0.1, -0.05) is 6.07 Å². The monoisotopic (exact) mass is 461 g/mol. The van der Waals surface area contributed by atoms with Crippen molar-refractivity contribution in [1.82, 2.24) is 20.0 Å². The van der Waals surface area contributed by atoms with E-state index in [-0.39, 0.29) is 47.0 Å². The van der Waals surface area contributed by atoms with Gasteiger partial charge in [0.1, 0.15) is 29.7 Å². The smallest absolute Gasteiger partial charge is 0.272 e. The van der Waals surface area contributed by atoms with Crippen LogP contribution in [0.1, 0.15) is 28.2 Å². The molecule has 0 radical (unpaired) electrons. The van der Waals surface area contributed by atoms with Gasteiger partial charge in [-0.05, 0) is 30.5 Å². The summed E-state index contributed by atoms with van der Waals surface area (Å²) in [6, 6.07) is 7.83. The molecular weight excluding hydrogens is 439 g/mol. The van der Waals surface area contributed by atoms with Crippen LogP contribution in [0.15, 0.2) is 35.3 Å². The highest BCUT2D eigenvalue weighted by Crippen LogP contribution is 2.51. The molecule has 1 saturated carbocycles. The third kappa shape index (κ3) is 2.90. The van der Waals surface area contributed by atoms with Crippen LogP contribution in [0.25, 0.3) is 33.2 Å². The lowest BCUT2D eigenvalue weighted by Gasteiger charge is -2.28. The molecule has 2 aliphatic rings. The van der Waals surface area contributed by atoms with Gasteiger partial charge >= 0.3 is 0 Å². The van der Waals surface area contributed by atoms with E-state index in [1.807, 2.05) is 6.07 Å². The Morgan fingerprint density at radius 2 is 2.24 bits per heavy atom. The number of nitrogens with zero attached hydrogens (tertiary/aromatic N) is 4. The number of aryl methyl sites for hydroxylation is 1. The van der Waals surface area contributed by atoms with Crippen molar-refractivity contribution in [2.75, 3.05) is 6.61 Å². The van der Waals surface area contributed by atoms with Crippen LogP contribution in [0.2, 0.25) is 0 Å². The van der Waals surface area contributed by atoms with Crippen molar-refractivity contribution in [3.63, 3.8) is 0 Å². The van der Waals surface area contributed by atoms with Crippen LogP contribution in [0.3, 0.4) is 0 Å². The first-order valence-corrected chi connectivity index (χ1v) is 10.5. The third-order valence-corrected chi connectivity index (χ3v) is 6.30. The summed E-state index contributed by atoms with van der Waals surface area (Å²) in [6.45, 7) is -2.51. The normalized spacial score (nSPS) is 17.1. The maximum absolute atomic E-state index is 15.7. The molecule has 1 aliphatic carbocycles. The van der Waals surface area contributed by atoms with Gasteiger partial charge in [-0.15, -0.1) is 0 Å². The molecule has 2 aromatic heterocycles. The summed E-state index contributed by atoms with van der Waals surface area (Å²) in [7, 11) is 0. The summed E-state index contributed by atoms with van der Waals surface area (Å²) >= 11 is 0. The van der Waals surface area contributed by atoms with Crippen LogP contribution >= 0.6 is 0 Å². The van der Waals surface area contributed by atoms with E-state index in [2.05, 4.69) is 15.3 Å². The first-order valence-electron chi connectivity index (χ1n) is 12.0. The Balaban J connectivity index is 1.64. The Kier molecular flexibility index (Phi) is 3.62. The third-order valence-electron chi connectivity index (χ3n) is 6.30. The van der Waals surface area contributed by atoms with Crippen molar-refractivity contribution >= 4 is 10.8 Å². The lowest BCUT2D eigenvalue weighted by atomic mass is 9.95. The summed E-state index contributed by atoms with van der Waals surface area (Å²) < 4.78 is 52.2. The fraction of sp³-hybridized carbons (Fsp3) is 0.250. The van der Waals surface area contributed by atoms with E-state index < -0.39 is 24.0 Å². The van der Waals surface area contributed by atoms with Gasteiger partial charge in [0.2, 0.25) is 0 Å². The predicted molar refractivity (Wildman–Crippen MR) is 121 cm³/mol. The molecule has 170 valence electrons. The summed E-state index contributed by atoms with van der Waals surface area (Å²) in [5, 5.41) is 21.3. The molecule has 1 aliphatic heterocycles. The fourth-order valence-corrected chi connectivity index (χ4v) is 4.34. The van der Waals surface area contributed by atoms with Crippen LogP contribution in [0.4, 0.5) is 4.39 Å². The molecule has 0 unspecified atom stereocenters. The van der Waals surface area contributed by atoms with Gasteiger partial charge in [0, 0.05) is 34.6 Å². The molecule has 4 aromatic rings. The molecule has 0 saturated heterocycles. The summed E-state index contributed by atoms with van der Waals surface area (Å²) in [6.07, 6.45) is 2.75. The number of rotatable bonds is 3. The summed E-state index contributed by atoms with van der Waals surface area (Å²) in [5.41, 5.74) is 5.30. The Morgan fingerprint density at radius 3 is 2.97 bits per heavy atom. The minimum atomic E-state index is -2.80. The van der Waals surface area contributed by atoms with Crippen LogP contribution < -0.4 is 20.8 Å². The number of aromatic nitrogens is 4. The number of hydrogen-bond acceptors (Lipinski definition) is 7. The van der Waals surface area contributed by atoms with Gasteiger partial charge in [-0.2, -0.15) is 15.5 Å². The molecule has 2 aromatic carbocycles. The van der Waals surface area contributed by atoms with E-state index in [9.17, 15) is 10.1 Å². The average Bonchev–Trinajstić information content (AvgIpc) is 3.46. The molecule has 3 N–H and O–H groups in total. The Labute approximate surface area is 196 Å². The number of fused-ring (bicyclic) bond motifs is 2. The molecule has 1 fully saturated rings. The minimum Gasteiger partial charge on any atom is -0.485 e. The molecule has 1 spiro atoms. The second kappa shape index (κ2) is 7.13. The van der Waals surface area contributed by atoms with E-state index >= 15 is 4.39 Å². The van der Waals surface area contributed by atoms with Crippen molar-refractivity contribution in [3.05, 3.63) is 57.9 Å². The Morgan fingerprint density at radius 1 is 1.38 bits per heavy atom. The molecular formula is C24H19FN6O3. The topological polar surface area (TPSA) is 132 Å². The van der Waals surface area contributed by atoms with Gasteiger partial charge < -0.3 is 15.2 Å². The molecule has 0 atom stereocenters. The van der Waals surface area contributed by atoms with Crippen molar-refractivity contribution in [2.45, 2.75) is 25.0 Å². The Hall–Kier alpha value is -4.23. The van der Waals surface area contributed by atoms with E-state index in [1.165, 1.54) is 6.20 Å². The van der Waals surface area contributed by atoms with Crippen molar-refractivity contribution in [1.29, 1.82) is 5.26 Å². The molecule has 3 heterocycles. The highest BCUT2D eigenvalue weighted by Gasteiger charge is 2.50. The summed E-state index contributed by atoms with van der Waals surface area (Å²) in [5.74, 6) is -0.702. The fourth-order valence-electron chi connectivity index (χ4n) is 4.34. The zero-order valence-corrected chi connectivity index (χ0v) is 17.7. The van der Waals surface area contributed by atoms with Crippen molar-refractivity contribution in [3.8, 4) is 40.0 Å². The zero-order chi connectivity index (χ0) is 26.1. The minimum absolute atomic E-state index is 0.0369. The molecule has 9 nitrogen and oxygen atoms in total. The number of halogens is 1. The maximum Gasteiger partial charge on any atom is 0.272 e. The lowest BCUT2D eigenvalue weighted by molar-refractivity contribution is 0.0710. The van der Waals surface area contributed by atoms with Gasteiger partial charge in [0.15, 0.2) is 11.5 Å². The lowest BCUT2D eigenvalue weighted by Crippen LogP contribution is -2.31. The second-order valence-corrected chi connectivity index (χ2v) is 8.40. The number of nitrogens with two attached hydrogens (primary N) is 1. The molecule has 34 heavy (non-hydrogen) atoms. The van der Waals surface area contributed by atoms with E-state index in [4.69, 9.17) is 19.3 Å². The van der Waals surface area contributed by atoms with E-state index in [0.29, 0.717) is 26.7 Å². The number of aromatic amines is 1. The SMILES string of the molecule is [2H]C([2H])([2H])n1ncc(-c2ccc3c(=O)[nH]nc(CN)c3c2)c1-c1c(F)cc2c(c1C#N)OC1(CC1)CO2. The van der Waals surface area contributed by atoms with Crippen molar-refractivity contribution < 1.29 is 18.0 Å². The van der Waals surface area contributed by atoms with Gasteiger partial charge in [-0.3, -0.25) is 9.48 Å². The number of nitriles is 1. The van der Waals surface area contributed by atoms with Crippen LogP contribution in [-0.4, -0.2) is 32.2 Å². The molecule has 0 bridgehead atoms. The number of H-pyrrole nitrogens is 1. The molecule has 0 amide bonds. The number of hydrogen-bond donors (Lipinski definition) is 2. The second-order valence-electron chi connectivity index (χ2n) is 8.40. The van der Waals surface area contributed by atoms with Gasteiger partial charge in [-0.25, -0.2) is 9.49 Å². The highest BCUT2D eigenvalue weighted by atomic mass is 19.1. The predicted octanol–water partition coefficient (Wildman–Crippen LogP) is 2.76. The highest BCUT2D eigenvalue weighted by molar-refractivity contribution is 5.92. The summed E-state index contributed by atoms with van der Waals surface area (Å²) in [4.78, 5) is 12.3.